The molecule has 2 saturated heterocycles. The summed E-state index contributed by atoms with van der Waals surface area (Å²) in [5, 5.41) is 0. The summed E-state index contributed by atoms with van der Waals surface area (Å²) in [5.41, 5.74) is -0.407. The zero-order valence-electron chi connectivity index (χ0n) is 12.9. The molecule has 120 valence electrons. The molecule has 0 unspecified atom stereocenters. The van der Waals surface area contributed by atoms with Crippen molar-refractivity contribution >= 4 is 5.91 Å². The van der Waals surface area contributed by atoms with Crippen molar-refractivity contribution in [3.8, 4) is 0 Å². The second-order valence-corrected chi connectivity index (χ2v) is 6.00. The lowest BCUT2D eigenvalue weighted by Crippen LogP contribution is -2.42. The fourth-order valence-electron chi connectivity index (χ4n) is 3.45. The van der Waals surface area contributed by atoms with Crippen molar-refractivity contribution in [3.05, 3.63) is 34.7 Å². The number of carbonyl (C=O) groups is 1. The van der Waals surface area contributed by atoms with Gasteiger partial charge in [-0.25, -0.2) is 0 Å². The molecule has 1 aromatic heterocycles. The van der Waals surface area contributed by atoms with Gasteiger partial charge in [-0.3, -0.25) is 9.59 Å². The molecule has 3 heterocycles. The minimum absolute atomic E-state index is 0.0465. The molecule has 2 aliphatic rings. The summed E-state index contributed by atoms with van der Waals surface area (Å²) in [4.78, 5) is 25.9. The van der Waals surface area contributed by atoms with E-state index in [1.807, 2.05) is 4.90 Å². The number of hydrogen-bond acceptors (Lipinski definition) is 4. The summed E-state index contributed by atoms with van der Waals surface area (Å²) in [6, 6.07) is 5.00. The Hall–Kier alpha value is -1.66. The van der Waals surface area contributed by atoms with E-state index in [0.717, 1.165) is 19.4 Å². The van der Waals surface area contributed by atoms with E-state index >= 15 is 0 Å². The van der Waals surface area contributed by atoms with E-state index in [9.17, 15) is 9.59 Å². The average Bonchev–Trinajstić information content (AvgIpc) is 3.14. The number of ether oxygens (including phenoxy) is 2. The van der Waals surface area contributed by atoms with Gasteiger partial charge in [-0.15, -0.1) is 0 Å². The van der Waals surface area contributed by atoms with Crippen LogP contribution in [0.25, 0.3) is 0 Å². The molecule has 0 bridgehead atoms. The van der Waals surface area contributed by atoms with Gasteiger partial charge < -0.3 is 18.9 Å². The van der Waals surface area contributed by atoms with Gasteiger partial charge >= 0.3 is 0 Å². The lowest BCUT2D eigenvalue weighted by atomic mass is 9.96. The number of nitrogens with zero attached hydrogens (tertiary/aromatic N) is 2. The van der Waals surface area contributed by atoms with E-state index in [1.54, 1.807) is 30.0 Å². The molecule has 2 aliphatic heterocycles. The number of methoxy groups -OCH3 is 1. The number of pyridine rings is 1. The lowest BCUT2D eigenvalue weighted by Gasteiger charge is -2.27. The van der Waals surface area contributed by atoms with Crippen LogP contribution in [0.15, 0.2) is 29.2 Å². The van der Waals surface area contributed by atoms with Gasteiger partial charge in [-0.1, -0.05) is 6.07 Å². The maximum absolute atomic E-state index is 12.4. The van der Waals surface area contributed by atoms with Crippen molar-refractivity contribution < 1.29 is 14.3 Å². The molecule has 2 fully saturated rings. The summed E-state index contributed by atoms with van der Waals surface area (Å²) >= 11 is 0. The zero-order chi connectivity index (χ0) is 15.6. The third-order valence-corrected chi connectivity index (χ3v) is 4.67. The van der Waals surface area contributed by atoms with Crippen LogP contribution in [-0.4, -0.2) is 53.9 Å². The van der Waals surface area contributed by atoms with E-state index in [1.165, 1.54) is 6.07 Å². The first-order valence-electron chi connectivity index (χ1n) is 7.75. The molecule has 1 amide bonds. The molecule has 0 aromatic carbocycles. The molecular formula is C16H22N2O4. The average molecular weight is 306 g/mol. The predicted octanol–water partition coefficient (Wildman–Crippen LogP) is 0.645. The molecule has 0 saturated carbocycles. The fourth-order valence-corrected chi connectivity index (χ4v) is 3.45. The van der Waals surface area contributed by atoms with E-state index in [4.69, 9.17) is 9.47 Å². The van der Waals surface area contributed by atoms with E-state index in [0.29, 0.717) is 26.1 Å². The second kappa shape index (κ2) is 6.22. The van der Waals surface area contributed by atoms with Gasteiger partial charge in [0.15, 0.2) is 0 Å². The Labute approximate surface area is 129 Å². The second-order valence-electron chi connectivity index (χ2n) is 6.00. The highest BCUT2D eigenvalue weighted by Gasteiger charge is 2.51. The van der Waals surface area contributed by atoms with Crippen LogP contribution in [0.5, 0.6) is 0 Å². The highest BCUT2D eigenvalue weighted by atomic mass is 16.6. The molecule has 6 heteroatoms. The van der Waals surface area contributed by atoms with Crippen molar-refractivity contribution in [2.75, 3.05) is 26.8 Å². The van der Waals surface area contributed by atoms with Crippen LogP contribution < -0.4 is 5.56 Å². The number of aryl methyl sites for hydroxylation is 1. The number of likely N-dealkylation sites (tertiary alicyclic amines) is 1. The Morgan fingerprint density at radius 1 is 1.50 bits per heavy atom. The normalized spacial score (nSPS) is 27.7. The van der Waals surface area contributed by atoms with Crippen molar-refractivity contribution in [1.29, 1.82) is 0 Å². The molecule has 0 radical (unpaired) electrons. The van der Waals surface area contributed by atoms with Crippen molar-refractivity contribution in [3.63, 3.8) is 0 Å². The van der Waals surface area contributed by atoms with E-state index < -0.39 is 0 Å². The molecule has 0 aliphatic carbocycles. The predicted molar refractivity (Wildman–Crippen MR) is 80.6 cm³/mol. The Bertz CT molecular complexity index is 592. The number of hydrogen-bond donors (Lipinski definition) is 0. The first-order valence-corrected chi connectivity index (χ1v) is 7.75. The molecule has 2 atom stereocenters. The highest BCUT2D eigenvalue weighted by Crippen LogP contribution is 2.36. The van der Waals surface area contributed by atoms with E-state index in [-0.39, 0.29) is 23.2 Å². The summed E-state index contributed by atoms with van der Waals surface area (Å²) in [6.07, 6.45) is 3.92. The smallest absolute Gasteiger partial charge is 0.250 e. The van der Waals surface area contributed by atoms with Gasteiger partial charge in [0, 0.05) is 45.5 Å². The maximum atomic E-state index is 12.4. The summed E-state index contributed by atoms with van der Waals surface area (Å²) < 4.78 is 13.0. The van der Waals surface area contributed by atoms with Crippen LogP contribution in [0.4, 0.5) is 0 Å². The molecule has 22 heavy (non-hydrogen) atoms. The molecular weight excluding hydrogens is 284 g/mol. The molecule has 1 aromatic rings. The third kappa shape index (κ3) is 2.80. The molecule has 6 nitrogen and oxygen atoms in total. The highest BCUT2D eigenvalue weighted by molar-refractivity contribution is 5.76. The minimum atomic E-state index is -0.325. The van der Waals surface area contributed by atoms with Crippen molar-refractivity contribution in [1.82, 2.24) is 9.47 Å². The Morgan fingerprint density at radius 3 is 3.05 bits per heavy atom. The van der Waals surface area contributed by atoms with Crippen LogP contribution in [0.1, 0.15) is 19.3 Å². The lowest BCUT2D eigenvalue weighted by molar-refractivity contribution is -0.131. The Morgan fingerprint density at radius 2 is 2.36 bits per heavy atom. The molecule has 1 spiro atoms. The first-order chi connectivity index (χ1) is 10.6. The molecule has 0 N–H and O–H groups in total. The van der Waals surface area contributed by atoms with Gasteiger partial charge in [0.25, 0.3) is 5.56 Å². The van der Waals surface area contributed by atoms with Crippen molar-refractivity contribution in [2.24, 2.45) is 0 Å². The van der Waals surface area contributed by atoms with Gasteiger partial charge in [0.1, 0.15) is 11.7 Å². The number of carbonyl (C=O) groups excluding carboxylic acids is 1. The Kier molecular flexibility index (Phi) is 4.31. The van der Waals surface area contributed by atoms with Gasteiger partial charge in [-0.05, 0) is 18.9 Å². The van der Waals surface area contributed by atoms with Crippen LogP contribution in [0.3, 0.4) is 0 Å². The van der Waals surface area contributed by atoms with E-state index in [2.05, 4.69) is 0 Å². The number of rotatable bonds is 4. The zero-order valence-corrected chi connectivity index (χ0v) is 12.9. The first kappa shape index (κ1) is 15.2. The number of aromatic nitrogens is 1. The standard InChI is InChI=1S/C16H22N2O4/c1-21-13-11-18(12-16(13)7-4-10-22-16)15(20)6-9-17-8-3-2-5-14(17)19/h2-3,5,8,13H,4,6-7,9-12H2,1H3/t13-,16-/m0/s1. The quantitative estimate of drug-likeness (QED) is 0.819. The van der Waals surface area contributed by atoms with Crippen LogP contribution in [0, 0.1) is 0 Å². The summed E-state index contributed by atoms with van der Waals surface area (Å²) in [5.74, 6) is 0.0465. The summed E-state index contributed by atoms with van der Waals surface area (Å²) in [7, 11) is 1.67. The molecule has 3 rings (SSSR count). The minimum Gasteiger partial charge on any atom is -0.377 e. The monoisotopic (exact) mass is 306 g/mol. The fraction of sp³-hybridized carbons (Fsp3) is 0.625. The third-order valence-electron chi connectivity index (χ3n) is 4.67. The topological polar surface area (TPSA) is 60.8 Å². The van der Waals surface area contributed by atoms with Crippen molar-refractivity contribution in [2.45, 2.75) is 37.5 Å². The van der Waals surface area contributed by atoms with Gasteiger partial charge in [0.05, 0.1) is 6.54 Å². The number of amides is 1. The largest absolute Gasteiger partial charge is 0.377 e. The van der Waals surface area contributed by atoms with Crippen LogP contribution >= 0.6 is 0 Å². The summed E-state index contributed by atoms with van der Waals surface area (Å²) in [6.45, 7) is 2.30. The van der Waals surface area contributed by atoms with Crippen LogP contribution in [-0.2, 0) is 20.8 Å². The SMILES string of the molecule is CO[C@H]1CN(C(=O)CCn2ccccc2=O)C[C@@]12CCCO2. The Balaban J connectivity index is 1.61. The van der Waals surface area contributed by atoms with Gasteiger partial charge in [-0.2, -0.15) is 0 Å². The van der Waals surface area contributed by atoms with Crippen LogP contribution in [0.2, 0.25) is 0 Å². The maximum Gasteiger partial charge on any atom is 0.250 e. The van der Waals surface area contributed by atoms with Gasteiger partial charge in [0.2, 0.25) is 5.91 Å².